The van der Waals surface area contributed by atoms with Gasteiger partial charge in [0.15, 0.2) is 11.5 Å². The van der Waals surface area contributed by atoms with E-state index < -0.39 is 0 Å². The molecule has 5 heteroatoms. The molecule has 0 saturated heterocycles. The number of hydrogen-bond donors (Lipinski definition) is 1. The van der Waals surface area contributed by atoms with E-state index in [1.165, 1.54) is 16.9 Å². The third-order valence-corrected chi connectivity index (χ3v) is 5.15. The van der Waals surface area contributed by atoms with Gasteiger partial charge in [-0.1, -0.05) is 29.8 Å². The number of hydrogen-bond acceptors (Lipinski definition) is 4. The molecule has 0 aliphatic carbocycles. The van der Waals surface area contributed by atoms with Crippen molar-refractivity contribution in [2.45, 2.75) is 13.3 Å². The summed E-state index contributed by atoms with van der Waals surface area (Å²) in [5.41, 5.74) is 3.88. The molecule has 0 radical (unpaired) electrons. The van der Waals surface area contributed by atoms with Crippen molar-refractivity contribution in [3.8, 4) is 22.6 Å². The fourth-order valence-electron chi connectivity index (χ4n) is 2.87. The predicted molar refractivity (Wildman–Crippen MR) is 104 cm³/mol. The van der Waals surface area contributed by atoms with Crippen LogP contribution in [0, 0.1) is 6.92 Å². The Morgan fingerprint density at radius 2 is 1.77 bits per heavy atom. The third kappa shape index (κ3) is 3.44. The Labute approximate surface area is 156 Å². The number of fused-ring (bicyclic) bond motifs is 1. The van der Waals surface area contributed by atoms with Gasteiger partial charge in [-0.3, -0.25) is 4.79 Å². The van der Waals surface area contributed by atoms with Gasteiger partial charge in [0.05, 0.1) is 18.1 Å². The number of anilines is 1. The van der Waals surface area contributed by atoms with Crippen LogP contribution in [0.5, 0.6) is 11.5 Å². The van der Waals surface area contributed by atoms with Crippen LogP contribution in [-0.4, -0.2) is 19.1 Å². The number of nitrogens with one attached hydrogen (secondary N) is 1. The molecule has 4 nitrogen and oxygen atoms in total. The molecule has 2 heterocycles. The van der Waals surface area contributed by atoms with Crippen LogP contribution in [0.4, 0.5) is 5.69 Å². The largest absolute Gasteiger partial charge is 0.490 e. The number of carbonyl (C=O) groups is 1. The van der Waals surface area contributed by atoms with Crippen LogP contribution in [0.3, 0.4) is 0 Å². The van der Waals surface area contributed by atoms with Crippen LogP contribution < -0.4 is 14.8 Å². The van der Waals surface area contributed by atoms with Crippen LogP contribution in [-0.2, 0) is 0 Å². The quantitative estimate of drug-likeness (QED) is 0.699. The minimum Gasteiger partial charge on any atom is -0.490 e. The van der Waals surface area contributed by atoms with Crippen LogP contribution in [0.1, 0.15) is 21.7 Å². The summed E-state index contributed by atoms with van der Waals surface area (Å²) in [5, 5.41) is 4.91. The lowest BCUT2D eigenvalue weighted by molar-refractivity contribution is 0.103. The highest BCUT2D eigenvalue weighted by Crippen LogP contribution is 2.33. The second-order valence-electron chi connectivity index (χ2n) is 6.20. The molecule has 132 valence electrons. The summed E-state index contributed by atoms with van der Waals surface area (Å²) in [5.74, 6) is 1.27. The Bertz CT molecular complexity index is 931. The van der Waals surface area contributed by atoms with E-state index in [4.69, 9.17) is 9.47 Å². The number of thiophene rings is 1. The molecule has 2 aromatic carbocycles. The summed E-state index contributed by atoms with van der Waals surface area (Å²) in [6, 6.07) is 15.7. The molecular weight excluding hydrogens is 346 g/mol. The van der Waals surface area contributed by atoms with Crippen molar-refractivity contribution in [1.82, 2.24) is 0 Å². The van der Waals surface area contributed by atoms with Gasteiger partial charge in [-0.05, 0) is 36.1 Å². The van der Waals surface area contributed by atoms with Gasteiger partial charge in [0.2, 0.25) is 0 Å². The maximum absolute atomic E-state index is 12.8. The lowest BCUT2D eigenvalue weighted by Gasteiger charge is -2.11. The molecule has 26 heavy (non-hydrogen) atoms. The average Bonchev–Trinajstić information content (AvgIpc) is 3.02. The Balaban J connectivity index is 1.57. The lowest BCUT2D eigenvalue weighted by atomic mass is 10.0. The Hall–Kier alpha value is -2.79. The first-order chi connectivity index (χ1) is 12.7. The maximum Gasteiger partial charge on any atom is 0.266 e. The van der Waals surface area contributed by atoms with Crippen LogP contribution in [0.2, 0.25) is 0 Å². The molecular formula is C21H19NO3S. The summed E-state index contributed by atoms with van der Waals surface area (Å²) in [6.07, 6.45) is 0.853. The number of aryl methyl sites for hydroxylation is 1. The van der Waals surface area contributed by atoms with Gasteiger partial charge in [0.25, 0.3) is 5.91 Å². The van der Waals surface area contributed by atoms with Gasteiger partial charge < -0.3 is 14.8 Å². The highest BCUT2D eigenvalue weighted by molar-refractivity contribution is 7.12. The van der Waals surface area contributed by atoms with E-state index in [9.17, 15) is 4.79 Å². The standard InChI is InChI=1S/C21H19NO3S/c1-14-3-5-15(6-4-14)17-9-12-26-20(17)21(23)22-16-7-8-18-19(13-16)25-11-2-10-24-18/h3-9,12-13H,2,10-11H2,1H3,(H,22,23). The van der Waals surface area contributed by atoms with Gasteiger partial charge in [-0.2, -0.15) is 0 Å². The van der Waals surface area contributed by atoms with E-state index in [0.717, 1.165) is 23.3 Å². The topological polar surface area (TPSA) is 47.6 Å². The van der Waals surface area contributed by atoms with Crippen molar-refractivity contribution < 1.29 is 14.3 Å². The van der Waals surface area contributed by atoms with Crippen molar-refractivity contribution in [3.63, 3.8) is 0 Å². The SMILES string of the molecule is Cc1ccc(-c2ccsc2C(=O)Nc2ccc3c(c2)OCCCO3)cc1. The molecule has 1 aromatic heterocycles. The first kappa shape index (κ1) is 16.7. The normalized spacial score (nSPS) is 13.1. The van der Waals surface area contributed by atoms with Crippen molar-refractivity contribution in [2.24, 2.45) is 0 Å². The first-order valence-electron chi connectivity index (χ1n) is 8.56. The number of carbonyl (C=O) groups excluding carboxylic acids is 1. The van der Waals surface area contributed by atoms with Crippen molar-refractivity contribution in [3.05, 3.63) is 64.4 Å². The summed E-state index contributed by atoms with van der Waals surface area (Å²) in [6.45, 7) is 3.32. The van der Waals surface area contributed by atoms with Gasteiger partial charge in [0, 0.05) is 23.7 Å². The molecule has 0 fully saturated rings. The van der Waals surface area contributed by atoms with E-state index >= 15 is 0 Å². The van der Waals surface area contributed by atoms with E-state index in [1.54, 1.807) is 0 Å². The zero-order valence-corrected chi connectivity index (χ0v) is 15.3. The molecule has 3 aromatic rings. The highest BCUT2D eigenvalue weighted by atomic mass is 32.1. The fourth-order valence-corrected chi connectivity index (χ4v) is 3.69. The van der Waals surface area contributed by atoms with Crippen molar-refractivity contribution >= 4 is 22.9 Å². The second kappa shape index (κ2) is 7.22. The fraction of sp³-hybridized carbons (Fsp3) is 0.190. The third-order valence-electron chi connectivity index (χ3n) is 4.24. The summed E-state index contributed by atoms with van der Waals surface area (Å²) in [7, 11) is 0. The average molecular weight is 365 g/mol. The smallest absolute Gasteiger partial charge is 0.266 e. The van der Waals surface area contributed by atoms with Crippen LogP contribution >= 0.6 is 11.3 Å². The van der Waals surface area contributed by atoms with Gasteiger partial charge >= 0.3 is 0 Å². The number of rotatable bonds is 3. The van der Waals surface area contributed by atoms with E-state index in [1.807, 2.05) is 41.8 Å². The van der Waals surface area contributed by atoms with Gasteiger partial charge in [-0.25, -0.2) is 0 Å². The second-order valence-corrected chi connectivity index (χ2v) is 7.11. The highest BCUT2D eigenvalue weighted by Gasteiger charge is 2.16. The van der Waals surface area contributed by atoms with E-state index in [-0.39, 0.29) is 5.91 Å². The Kier molecular flexibility index (Phi) is 4.63. The Morgan fingerprint density at radius 3 is 2.58 bits per heavy atom. The molecule has 0 unspecified atom stereocenters. The van der Waals surface area contributed by atoms with Crippen LogP contribution in [0.15, 0.2) is 53.9 Å². The van der Waals surface area contributed by atoms with Crippen molar-refractivity contribution in [2.75, 3.05) is 18.5 Å². The number of benzene rings is 2. The molecule has 0 bridgehead atoms. The summed E-state index contributed by atoms with van der Waals surface area (Å²) < 4.78 is 11.3. The molecule has 4 rings (SSSR count). The zero-order valence-electron chi connectivity index (χ0n) is 14.5. The zero-order chi connectivity index (χ0) is 17.9. The Morgan fingerprint density at radius 1 is 1.00 bits per heavy atom. The summed E-state index contributed by atoms with van der Waals surface area (Å²) >= 11 is 1.44. The number of ether oxygens (including phenoxy) is 2. The van der Waals surface area contributed by atoms with E-state index in [0.29, 0.717) is 29.5 Å². The molecule has 0 spiro atoms. The first-order valence-corrected chi connectivity index (χ1v) is 9.44. The summed E-state index contributed by atoms with van der Waals surface area (Å²) in [4.78, 5) is 13.5. The molecule has 1 amide bonds. The molecule has 1 N–H and O–H groups in total. The molecule has 0 atom stereocenters. The van der Waals surface area contributed by atoms with Crippen molar-refractivity contribution in [1.29, 1.82) is 0 Å². The predicted octanol–water partition coefficient (Wildman–Crippen LogP) is 5.14. The minimum atomic E-state index is -0.120. The minimum absolute atomic E-state index is 0.120. The molecule has 1 aliphatic heterocycles. The number of amides is 1. The maximum atomic E-state index is 12.8. The molecule has 0 saturated carbocycles. The van der Waals surface area contributed by atoms with E-state index in [2.05, 4.69) is 24.4 Å². The molecule has 1 aliphatic rings. The van der Waals surface area contributed by atoms with Gasteiger partial charge in [0.1, 0.15) is 0 Å². The lowest BCUT2D eigenvalue weighted by Crippen LogP contribution is -2.11. The monoisotopic (exact) mass is 365 g/mol. The van der Waals surface area contributed by atoms with Gasteiger partial charge in [-0.15, -0.1) is 11.3 Å². The van der Waals surface area contributed by atoms with Crippen LogP contribution in [0.25, 0.3) is 11.1 Å².